The Morgan fingerprint density at radius 2 is 2.19 bits per heavy atom. The van der Waals surface area contributed by atoms with Gasteiger partial charge in [0, 0.05) is 30.4 Å². The molecule has 0 spiro atoms. The average Bonchev–Trinajstić information content (AvgIpc) is 2.49. The Kier molecular flexibility index (Phi) is 3.96. The fraction of sp³-hybridized carbons (Fsp3) is 0.600. The van der Waals surface area contributed by atoms with Gasteiger partial charge >= 0.3 is 5.69 Å². The Balaban J connectivity index is 1.76. The van der Waals surface area contributed by atoms with Gasteiger partial charge in [-0.05, 0) is 44.8 Å². The van der Waals surface area contributed by atoms with E-state index in [0.717, 1.165) is 12.2 Å². The summed E-state index contributed by atoms with van der Waals surface area (Å²) < 4.78 is 5.40. The normalized spacial score (nSPS) is 27.4. The van der Waals surface area contributed by atoms with E-state index < -0.39 is 4.92 Å². The second-order valence-electron chi connectivity index (χ2n) is 5.76. The number of fused-ring (bicyclic) bond motifs is 3. The number of nitrogens with zero attached hydrogens (tertiary/aromatic N) is 2. The lowest BCUT2D eigenvalue weighted by atomic mass is 9.84. The summed E-state index contributed by atoms with van der Waals surface area (Å²) in [5.41, 5.74) is 0.930. The van der Waals surface area contributed by atoms with Crippen LogP contribution in [0.4, 0.5) is 11.4 Å². The summed E-state index contributed by atoms with van der Waals surface area (Å²) >= 11 is 0. The van der Waals surface area contributed by atoms with Crippen LogP contribution in [0.25, 0.3) is 0 Å². The Hall–Kier alpha value is -1.82. The highest BCUT2D eigenvalue weighted by Gasteiger charge is 2.34. The third-order valence-corrected chi connectivity index (χ3v) is 4.46. The minimum absolute atomic E-state index is 0.0244. The predicted octanol–water partition coefficient (Wildman–Crippen LogP) is 2.50. The summed E-state index contributed by atoms with van der Waals surface area (Å²) in [5, 5.41) is 14.5. The van der Waals surface area contributed by atoms with Crippen molar-refractivity contribution in [2.75, 3.05) is 31.6 Å². The zero-order chi connectivity index (χ0) is 14.8. The molecule has 1 unspecified atom stereocenters. The molecule has 3 fully saturated rings. The molecular formula is C15H21N3O3. The van der Waals surface area contributed by atoms with Crippen LogP contribution in [0.1, 0.15) is 19.8 Å². The maximum absolute atomic E-state index is 11.0. The van der Waals surface area contributed by atoms with Gasteiger partial charge in [-0.3, -0.25) is 10.1 Å². The molecule has 3 saturated heterocycles. The highest BCUT2D eigenvalue weighted by molar-refractivity contribution is 5.58. The van der Waals surface area contributed by atoms with E-state index in [0.29, 0.717) is 24.3 Å². The molecule has 1 aromatic rings. The van der Waals surface area contributed by atoms with Crippen LogP contribution in [-0.2, 0) is 0 Å². The number of hydrogen-bond donors (Lipinski definition) is 1. The van der Waals surface area contributed by atoms with E-state index in [1.165, 1.54) is 32.0 Å². The molecule has 6 heteroatoms. The second-order valence-corrected chi connectivity index (χ2v) is 5.76. The average molecular weight is 291 g/mol. The molecule has 3 heterocycles. The molecule has 21 heavy (non-hydrogen) atoms. The predicted molar refractivity (Wildman–Crippen MR) is 80.8 cm³/mol. The molecule has 0 aromatic heterocycles. The first-order valence-corrected chi connectivity index (χ1v) is 7.57. The van der Waals surface area contributed by atoms with Crippen LogP contribution in [0, 0.1) is 16.0 Å². The first-order valence-electron chi connectivity index (χ1n) is 7.57. The van der Waals surface area contributed by atoms with Crippen LogP contribution in [0.2, 0.25) is 0 Å². The van der Waals surface area contributed by atoms with Crippen molar-refractivity contribution >= 4 is 11.4 Å². The topological polar surface area (TPSA) is 67.6 Å². The number of piperidine rings is 3. The van der Waals surface area contributed by atoms with Crippen molar-refractivity contribution in [3.8, 4) is 5.75 Å². The van der Waals surface area contributed by atoms with Crippen LogP contribution >= 0.6 is 0 Å². The first-order chi connectivity index (χ1) is 10.2. The van der Waals surface area contributed by atoms with Crippen LogP contribution in [0.15, 0.2) is 18.2 Å². The van der Waals surface area contributed by atoms with E-state index in [9.17, 15) is 10.1 Å². The van der Waals surface area contributed by atoms with Crippen LogP contribution in [0.3, 0.4) is 0 Å². The number of hydrogen-bond acceptors (Lipinski definition) is 5. The molecule has 0 amide bonds. The molecule has 4 rings (SSSR count). The van der Waals surface area contributed by atoms with Gasteiger partial charge in [0.15, 0.2) is 5.75 Å². The number of ether oxygens (including phenoxy) is 1. The van der Waals surface area contributed by atoms with Gasteiger partial charge in [0.25, 0.3) is 0 Å². The number of rotatable bonds is 5. The molecule has 1 N–H and O–H groups in total. The molecule has 0 radical (unpaired) electrons. The van der Waals surface area contributed by atoms with Crippen LogP contribution in [0.5, 0.6) is 5.75 Å². The minimum Gasteiger partial charge on any atom is -0.487 e. The largest absolute Gasteiger partial charge is 0.487 e. The lowest BCUT2D eigenvalue weighted by Gasteiger charge is -2.45. The van der Waals surface area contributed by atoms with Crippen molar-refractivity contribution in [2.45, 2.75) is 25.8 Å². The summed E-state index contributed by atoms with van der Waals surface area (Å²) in [5.74, 6) is 1.05. The van der Waals surface area contributed by atoms with Crippen molar-refractivity contribution in [1.29, 1.82) is 0 Å². The van der Waals surface area contributed by atoms with Gasteiger partial charge in [-0.15, -0.1) is 0 Å². The molecular weight excluding hydrogens is 270 g/mol. The Morgan fingerprint density at radius 3 is 2.76 bits per heavy atom. The van der Waals surface area contributed by atoms with Crippen molar-refractivity contribution < 1.29 is 9.66 Å². The van der Waals surface area contributed by atoms with E-state index >= 15 is 0 Å². The lowest BCUT2D eigenvalue weighted by molar-refractivity contribution is -0.385. The molecule has 0 aliphatic carbocycles. The quantitative estimate of drug-likeness (QED) is 0.667. The van der Waals surface area contributed by atoms with E-state index in [1.54, 1.807) is 12.1 Å². The Labute approximate surface area is 124 Å². The molecule has 3 aliphatic heterocycles. The molecule has 114 valence electrons. The van der Waals surface area contributed by atoms with Gasteiger partial charge in [-0.1, -0.05) is 0 Å². The number of benzene rings is 1. The third-order valence-electron chi connectivity index (χ3n) is 4.46. The van der Waals surface area contributed by atoms with E-state index in [1.807, 2.05) is 6.92 Å². The Morgan fingerprint density at radius 1 is 1.43 bits per heavy atom. The molecule has 3 aliphatic rings. The number of nitro groups is 1. The smallest absolute Gasteiger partial charge is 0.311 e. The van der Waals surface area contributed by atoms with Crippen LogP contribution in [-0.4, -0.2) is 42.1 Å². The standard InChI is InChI=1S/C15H21N3O3/c1-2-21-15-9-12(3-4-14(15)18(19)20)16-13-10-17-7-5-11(13)6-8-17/h3-4,9,11,13,16H,2,5-8,10H2,1H3. The molecule has 2 bridgehead atoms. The maximum atomic E-state index is 11.0. The summed E-state index contributed by atoms with van der Waals surface area (Å²) in [7, 11) is 0. The van der Waals surface area contributed by atoms with Crippen molar-refractivity contribution in [2.24, 2.45) is 5.92 Å². The monoisotopic (exact) mass is 291 g/mol. The third kappa shape index (κ3) is 2.95. The maximum Gasteiger partial charge on any atom is 0.311 e. The number of nitrogens with one attached hydrogen (secondary N) is 1. The number of anilines is 1. The van der Waals surface area contributed by atoms with Gasteiger partial charge in [0.05, 0.1) is 11.5 Å². The summed E-state index contributed by atoms with van der Waals surface area (Å²) in [4.78, 5) is 13.1. The zero-order valence-corrected chi connectivity index (χ0v) is 12.2. The fourth-order valence-electron chi connectivity index (χ4n) is 3.37. The molecule has 6 nitrogen and oxygen atoms in total. The highest BCUT2D eigenvalue weighted by Crippen LogP contribution is 2.33. The lowest BCUT2D eigenvalue weighted by Crippen LogP contribution is -2.53. The summed E-state index contributed by atoms with van der Waals surface area (Å²) in [6, 6.07) is 5.48. The van der Waals surface area contributed by atoms with E-state index in [2.05, 4.69) is 10.2 Å². The minimum atomic E-state index is -0.400. The summed E-state index contributed by atoms with van der Waals surface area (Å²) in [6.45, 7) is 5.72. The van der Waals surface area contributed by atoms with Crippen molar-refractivity contribution in [3.05, 3.63) is 28.3 Å². The number of nitro benzene ring substituents is 1. The Bertz CT molecular complexity index is 527. The van der Waals surface area contributed by atoms with Crippen molar-refractivity contribution in [1.82, 2.24) is 4.90 Å². The highest BCUT2D eigenvalue weighted by atomic mass is 16.6. The van der Waals surface area contributed by atoms with Gasteiger partial charge in [-0.25, -0.2) is 0 Å². The second kappa shape index (κ2) is 5.89. The molecule has 1 aromatic carbocycles. The van der Waals surface area contributed by atoms with Crippen molar-refractivity contribution in [3.63, 3.8) is 0 Å². The molecule has 1 atom stereocenters. The first kappa shape index (κ1) is 14.1. The van der Waals surface area contributed by atoms with E-state index in [4.69, 9.17) is 4.74 Å². The SMILES string of the molecule is CCOc1cc(NC2CN3CCC2CC3)ccc1[N+](=O)[O-]. The van der Waals surface area contributed by atoms with Gasteiger partial charge in [-0.2, -0.15) is 0 Å². The van der Waals surface area contributed by atoms with E-state index in [-0.39, 0.29) is 5.69 Å². The van der Waals surface area contributed by atoms with Gasteiger partial charge in [0.2, 0.25) is 0 Å². The van der Waals surface area contributed by atoms with Gasteiger partial charge < -0.3 is 15.0 Å². The van der Waals surface area contributed by atoms with Crippen LogP contribution < -0.4 is 10.1 Å². The van der Waals surface area contributed by atoms with Gasteiger partial charge in [0.1, 0.15) is 0 Å². The zero-order valence-electron chi connectivity index (χ0n) is 12.2. The fourth-order valence-corrected chi connectivity index (χ4v) is 3.37. The molecule has 0 saturated carbocycles. The summed E-state index contributed by atoms with van der Waals surface area (Å²) in [6.07, 6.45) is 2.48.